The number of nitro benzene ring substituents is 1. The summed E-state index contributed by atoms with van der Waals surface area (Å²) in [5.74, 6) is 0.841. The van der Waals surface area contributed by atoms with Crippen molar-refractivity contribution in [3.05, 3.63) is 63.7 Å². The van der Waals surface area contributed by atoms with Gasteiger partial charge in [0.2, 0.25) is 0 Å². The molecule has 0 spiro atoms. The van der Waals surface area contributed by atoms with Crippen LogP contribution in [0.1, 0.15) is 18.1 Å². The van der Waals surface area contributed by atoms with E-state index >= 15 is 0 Å². The first-order chi connectivity index (χ1) is 10.1. The maximum atomic E-state index is 10.9. The van der Waals surface area contributed by atoms with Gasteiger partial charge >= 0.3 is 0 Å². The molecule has 1 N–H and O–H groups in total. The topological polar surface area (TPSA) is 64.4 Å². The van der Waals surface area contributed by atoms with E-state index in [2.05, 4.69) is 5.32 Å². The fourth-order valence-electron chi connectivity index (χ4n) is 2.08. The molecule has 0 amide bonds. The van der Waals surface area contributed by atoms with Gasteiger partial charge in [0.1, 0.15) is 5.75 Å². The summed E-state index contributed by atoms with van der Waals surface area (Å²) in [6.07, 6.45) is 0. The second kappa shape index (κ2) is 6.74. The quantitative estimate of drug-likeness (QED) is 0.646. The number of hydrogen-bond donors (Lipinski definition) is 1. The van der Waals surface area contributed by atoms with Gasteiger partial charge in [-0.1, -0.05) is 18.2 Å². The molecule has 0 fully saturated rings. The highest BCUT2D eigenvalue weighted by atomic mass is 16.6. The summed E-state index contributed by atoms with van der Waals surface area (Å²) >= 11 is 0. The Kier molecular flexibility index (Phi) is 4.77. The molecule has 110 valence electrons. The molecule has 2 rings (SSSR count). The highest BCUT2D eigenvalue weighted by Gasteiger charge is 2.12. The lowest BCUT2D eigenvalue weighted by molar-refractivity contribution is -0.385. The molecular formula is C16H18N2O3. The molecule has 0 atom stereocenters. The number of nitrogens with one attached hydrogen (secondary N) is 1. The summed E-state index contributed by atoms with van der Waals surface area (Å²) in [4.78, 5) is 10.5. The predicted molar refractivity (Wildman–Crippen MR) is 82.8 cm³/mol. The first kappa shape index (κ1) is 14.8. The summed E-state index contributed by atoms with van der Waals surface area (Å²) in [5.41, 5.74) is 2.64. The third-order valence-corrected chi connectivity index (χ3v) is 3.22. The fraction of sp³-hybridized carbons (Fsp3) is 0.250. The van der Waals surface area contributed by atoms with E-state index in [9.17, 15) is 10.1 Å². The van der Waals surface area contributed by atoms with Crippen LogP contribution in [0.15, 0.2) is 42.5 Å². The molecule has 0 aliphatic heterocycles. The minimum atomic E-state index is -0.364. The van der Waals surface area contributed by atoms with Gasteiger partial charge in [-0.3, -0.25) is 10.1 Å². The lowest BCUT2D eigenvalue weighted by atomic mass is 10.1. The van der Waals surface area contributed by atoms with Crippen molar-refractivity contribution in [2.45, 2.75) is 20.4 Å². The van der Waals surface area contributed by atoms with Gasteiger partial charge in [0, 0.05) is 23.9 Å². The van der Waals surface area contributed by atoms with Crippen LogP contribution in [0.4, 0.5) is 11.4 Å². The maximum absolute atomic E-state index is 10.9. The van der Waals surface area contributed by atoms with Gasteiger partial charge < -0.3 is 10.1 Å². The zero-order chi connectivity index (χ0) is 15.2. The van der Waals surface area contributed by atoms with Crippen LogP contribution in [0.25, 0.3) is 0 Å². The molecule has 2 aromatic rings. The van der Waals surface area contributed by atoms with Crippen molar-refractivity contribution in [1.82, 2.24) is 0 Å². The van der Waals surface area contributed by atoms with Gasteiger partial charge in [0.15, 0.2) is 0 Å². The van der Waals surface area contributed by atoms with E-state index in [4.69, 9.17) is 4.74 Å². The number of nitrogens with zero attached hydrogens (tertiary/aromatic N) is 1. The monoisotopic (exact) mass is 286 g/mol. The normalized spacial score (nSPS) is 10.2. The molecule has 0 heterocycles. The number of nitro groups is 1. The average Bonchev–Trinajstić information content (AvgIpc) is 2.48. The Morgan fingerprint density at radius 2 is 1.90 bits per heavy atom. The van der Waals surface area contributed by atoms with E-state index in [0.717, 1.165) is 17.0 Å². The molecule has 0 saturated carbocycles. The number of rotatable bonds is 6. The van der Waals surface area contributed by atoms with Gasteiger partial charge in [-0.25, -0.2) is 0 Å². The van der Waals surface area contributed by atoms with Gasteiger partial charge in [-0.15, -0.1) is 0 Å². The number of benzene rings is 2. The molecule has 0 aromatic heterocycles. The van der Waals surface area contributed by atoms with Crippen molar-refractivity contribution in [3.8, 4) is 5.75 Å². The van der Waals surface area contributed by atoms with E-state index in [1.54, 1.807) is 13.0 Å². The number of ether oxygens (including phenoxy) is 1. The summed E-state index contributed by atoms with van der Waals surface area (Å²) in [7, 11) is 0. The van der Waals surface area contributed by atoms with Crippen molar-refractivity contribution in [1.29, 1.82) is 0 Å². The van der Waals surface area contributed by atoms with Crippen LogP contribution in [-0.4, -0.2) is 11.5 Å². The van der Waals surface area contributed by atoms with E-state index in [0.29, 0.717) is 18.7 Å². The third-order valence-electron chi connectivity index (χ3n) is 3.22. The van der Waals surface area contributed by atoms with Crippen LogP contribution in [0.3, 0.4) is 0 Å². The summed E-state index contributed by atoms with van der Waals surface area (Å²) in [6, 6.07) is 12.8. The van der Waals surface area contributed by atoms with Gasteiger partial charge in [-0.05, 0) is 37.6 Å². The van der Waals surface area contributed by atoms with Crippen molar-refractivity contribution in [3.63, 3.8) is 0 Å². The van der Waals surface area contributed by atoms with Gasteiger partial charge in [0.05, 0.1) is 11.5 Å². The Balaban J connectivity index is 2.06. The first-order valence-electron chi connectivity index (χ1n) is 6.81. The van der Waals surface area contributed by atoms with Crippen LogP contribution in [0.5, 0.6) is 5.75 Å². The molecule has 5 nitrogen and oxygen atoms in total. The largest absolute Gasteiger partial charge is 0.494 e. The van der Waals surface area contributed by atoms with Crippen LogP contribution >= 0.6 is 0 Å². The predicted octanol–water partition coefficient (Wildman–Crippen LogP) is 3.91. The Bertz CT molecular complexity index is 624. The van der Waals surface area contributed by atoms with Crippen LogP contribution in [0, 0.1) is 17.0 Å². The molecule has 0 aliphatic carbocycles. The molecule has 2 aromatic carbocycles. The van der Waals surface area contributed by atoms with Gasteiger partial charge in [-0.2, -0.15) is 0 Å². The number of anilines is 1. The molecule has 0 radical (unpaired) electrons. The van der Waals surface area contributed by atoms with Crippen LogP contribution in [0.2, 0.25) is 0 Å². The first-order valence-corrected chi connectivity index (χ1v) is 6.81. The SMILES string of the molecule is CCOc1ccc(CNc2cccc([N+](=O)[O-])c2C)cc1. The molecule has 21 heavy (non-hydrogen) atoms. The molecule has 0 aliphatic rings. The maximum Gasteiger partial charge on any atom is 0.274 e. The second-order valence-electron chi connectivity index (χ2n) is 4.64. The third kappa shape index (κ3) is 3.72. The minimum Gasteiger partial charge on any atom is -0.494 e. The highest BCUT2D eigenvalue weighted by molar-refractivity contribution is 5.59. The molecular weight excluding hydrogens is 268 g/mol. The summed E-state index contributed by atoms with van der Waals surface area (Å²) < 4.78 is 5.39. The molecule has 5 heteroatoms. The Labute approximate surface area is 123 Å². The summed E-state index contributed by atoms with van der Waals surface area (Å²) in [5, 5.41) is 14.1. The van der Waals surface area contributed by atoms with E-state index in [-0.39, 0.29) is 10.6 Å². The Morgan fingerprint density at radius 1 is 1.19 bits per heavy atom. The van der Waals surface area contributed by atoms with E-state index in [1.807, 2.05) is 37.3 Å². The average molecular weight is 286 g/mol. The van der Waals surface area contributed by atoms with E-state index < -0.39 is 0 Å². The summed E-state index contributed by atoms with van der Waals surface area (Å²) in [6.45, 7) is 4.94. The zero-order valence-corrected chi connectivity index (χ0v) is 12.1. The zero-order valence-electron chi connectivity index (χ0n) is 12.1. The van der Waals surface area contributed by atoms with Gasteiger partial charge in [0.25, 0.3) is 5.69 Å². The Hall–Kier alpha value is -2.56. The lowest BCUT2D eigenvalue weighted by Gasteiger charge is -2.10. The Morgan fingerprint density at radius 3 is 2.52 bits per heavy atom. The standard InChI is InChI=1S/C16H18N2O3/c1-3-21-14-9-7-13(8-10-14)11-17-15-5-4-6-16(12(15)2)18(19)20/h4-10,17H,3,11H2,1-2H3. The molecule has 0 bridgehead atoms. The van der Waals surface area contributed by atoms with E-state index in [1.165, 1.54) is 6.07 Å². The highest BCUT2D eigenvalue weighted by Crippen LogP contribution is 2.25. The minimum absolute atomic E-state index is 0.131. The lowest BCUT2D eigenvalue weighted by Crippen LogP contribution is -2.03. The smallest absolute Gasteiger partial charge is 0.274 e. The van der Waals surface area contributed by atoms with Crippen molar-refractivity contribution >= 4 is 11.4 Å². The molecule has 0 saturated heterocycles. The van der Waals surface area contributed by atoms with Crippen LogP contribution in [-0.2, 0) is 6.54 Å². The second-order valence-corrected chi connectivity index (χ2v) is 4.64. The van der Waals surface area contributed by atoms with Crippen molar-refractivity contribution in [2.75, 3.05) is 11.9 Å². The van der Waals surface area contributed by atoms with Crippen LogP contribution < -0.4 is 10.1 Å². The fourth-order valence-corrected chi connectivity index (χ4v) is 2.08. The van der Waals surface area contributed by atoms with Crippen molar-refractivity contribution < 1.29 is 9.66 Å². The number of hydrogen-bond acceptors (Lipinski definition) is 4. The van der Waals surface area contributed by atoms with Crippen molar-refractivity contribution in [2.24, 2.45) is 0 Å². The molecule has 0 unspecified atom stereocenters.